The maximum absolute atomic E-state index is 12.9. The summed E-state index contributed by atoms with van der Waals surface area (Å²) in [6, 6.07) is 2.04. The molecule has 2 aromatic heterocycles. The van der Waals surface area contributed by atoms with Crippen molar-refractivity contribution in [3.63, 3.8) is 0 Å². The molecule has 0 radical (unpaired) electrons. The highest BCUT2D eigenvalue weighted by Gasteiger charge is 2.28. The third-order valence-electron chi connectivity index (χ3n) is 4.62. The van der Waals surface area contributed by atoms with Crippen molar-refractivity contribution in [2.75, 3.05) is 20.2 Å². The van der Waals surface area contributed by atoms with Crippen LogP contribution in [0.2, 0.25) is 0 Å². The van der Waals surface area contributed by atoms with Crippen LogP contribution in [0, 0.1) is 6.92 Å². The number of carbonyl (C=O) groups excluding carboxylic acids is 1. The predicted molar refractivity (Wildman–Crippen MR) is 89.8 cm³/mol. The van der Waals surface area contributed by atoms with E-state index in [4.69, 9.17) is 4.74 Å². The Morgan fingerprint density at radius 1 is 1.46 bits per heavy atom. The molecule has 7 heteroatoms. The summed E-state index contributed by atoms with van der Waals surface area (Å²) < 4.78 is 9.24. The minimum Gasteiger partial charge on any atom is -0.377 e. The predicted octanol–water partition coefficient (Wildman–Crippen LogP) is 2.03. The normalized spacial score (nSPS) is 18.1. The Morgan fingerprint density at radius 2 is 2.29 bits per heavy atom. The van der Waals surface area contributed by atoms with Gasteiger partial charge in [-0.1, -0.05) is 0 Å². The summed E-state index contributed by atoms with van der Waals surface area (Å²) in [5.74, 6) is 0.984. The van der Waals surface area contributed by atoms with E-state index < -0.39 is 0 Å². The number of carbonyl (C=O) groups is 1. The summed E-state index contributed by atoms with van der Waals surface area (Å²) in [6.07, 6.45) is 5.60. The van der Waals surface area contributed by atoms with E-state index in [9.17, 15) is 4.79 Å². The molecule has 1 atom stereocenters. The zero-order valence-corrected chi connectivity index (χ0v) is 14.6. The van der Waals surface area contributed by atoms with E-state index in [0.29, 0.717) is 25.4 Å². The monoisotopic (exact) mass is 331 g/mol. The number of nitrogens with zero attached hydrogens (tertiary/aromatic N) is 5. The van der Waals surface area contributed by atoms with E-state index in [1.807, 2.05) is 18.0 Å². The number of hydrogen-bond acceptors (Lipinski definition) is 4. The van der Waals surface area contributed by atoms with Crippen LogP contribution in [0.15, 0.2) is 18.5 Å². The largest absolute Gasteiger partial charge is 0.377 e. The van der Waals surface area contributed by atoms with E-state index in [1.54, 1.807) is 24.1 Å². The van der Waals surface area contributed by atoms with Gasteiger partial charge in [-0.05, 0) is 32.8 Å². The van der Waals surface area contributed by atoms with Gasteiger partial charge < -0.3 is 14.2 Å². The minimum absolute atomic E-state index is 0.0603. The van der Waals surface area contributed by atoms with Crippen LogP contribution >= 0.6 is 0 Å². The first-order valence-corrected chi connectivity index (χ1v) is 8.48. The number of aromatic nitrogens is 4. The van der Waals surface area contributed by atoms with Gasteiger partial charge in [0.2, 0.25) is 0 Å². The van der Waals surface area contributed by atoms with Crippen molar-refractivity contribution >= 4 is 5.91 Å². The van der Waals surface area contributed by atoms with Gasteiger partial charge in [-0.3, -0.25) is 9.48 Å². The fourth-order valence-electron chi connectivity index (χ4n) is 3.51. The molecular weight excluding hydrogens is 306 g/mol. The number of rotatable bonds is 5. The summed E-state index contributed by atoms with van der Waals surface area (Å²) in [5.41, 5.74) is 1.78. The second-order valence-electron chi connectivity index (χ2n) is 6.20. The van der Waals surface area contributed by atoms with Gasteiger partial charge in [-0.25, -0.2) is 4.98 Å². The lowest BCUT2D eigenvalue weighted by atomic mass is 10.0. The van der Waals surface area contributed by atoms with E-state index in [2.05, 4.69) is 21.6 Å². The van der Waals surface area contributed by atoms with Gasteiger partial charge >= 0.3 is 0 Å². The van der Waals surface area contributed by atoms with Gasteiger partial charge in [0.1, 0.15) is 18.1 Å². The number of likely N-dealkylation sites (tertiary alicyclic amines) is 1. The molecule has 1 aliphatic heterocycles. The number of piperidine rings is 1. The van der Waals surface area contributed by atoms with Crippen molar-refractivity contribution in [3.05, 3.63) is 35.7 Å². The van der Waals surface area contributed by atoms with E-state index in [1.165, 1.54) is 0 Å². The molecule has 0 aliphatic carbocycles. The van der Waals surface area contributed by atoms with Crippen LogP contribution in [0.1, 0.15) is 47.8 Å². The van der Waals surface area contributed by atoms with Crippen LogP contribution in [0.25, 0.3) is 0 Å². The number of imidazole rings is 1. The Labute approximate surface area is 142 Å². The standard InChI is InChI=1S/C17H25N5O2/c1-4-21-15(7-8-19-21)17(23)20-9-5-6-14(11-20)22-13(2)10-18-16(22)12-24-3/h7-8,10,14H,4-6,9,11-12H2,1-3H3. The molecule has 1 saturated heterocycles. The Hall–Kier alpha value is -2.15. The van der Waals surface area contributed by atoms with Gasteiger partial charge in [0.05, 0.1) is 6.04 Å². The van der Waals surface area contributed by atoms with Crippen molar-refractivity contribution in [1.29, 1.82) is 0 Å². The van der Waals surface area contributed by atoms with Crippen molar-refractivity contribution in [2.24, 2.45) is 0 Å². The minimum atomic E-state index is 0.0603. The zero-order chi connectivity index (χ0) is 17.1. The van der Waals surface area contributed by atoms with Gasteiger partial charge in [-0.15, -0.1) is 0 Å². The molecule has 7 nitrogen and oxygen atoms in total. The molecule has 24 heavy (non-hydrogen) atoms. The van der Waals surface area contributed by atoms with Crippen LogP contribution in [-0.2, 0) is 17.9 Å². The second-order valence-corrected chi connectivity index (χ2v) is 6.20. The molecule has 1 fully saturated rings. The van der Waals surface area contributed by atoms with Gasteiger partial charge in [0.25, 0.3) is 5.91 Å². The fourth-order valence-corrected chi connectivity index (χ4v) is 3.51. The zero-order valence-electron chi connectivity index (χ0n) is 14.6. The highest BCUT2D eigenvalue weighted by Crippen LogP contribution is 2.26. The smallest absolute Gasteiger partial charge is 0.272 e. The Morgan fingerprint density at radius 3 is 3.04 bits per heavy atom. The van der Waals surface area contributed by atoms with Crippen LogP contribution < -0.4 is 0 Å². The molecule has 0 N–H and O–H groups in total. The van der Waals surface area contributed by atoms with Crippen LogP contribution in [0.4, 0.5) is 0 Å². The number of ether oxygens (including phenoxy) is 1. The van der Waals surface area contributed by atoms with Crippen molar-refractivity contribution in [1.82, 2.24) is 24.2 Å². The highest BCUT2D eigenvalue weighted by molar-refractivity contribution is 5.92. The lowest BCUT2D eigenvalue weighted by Gasteiger charge is -2.34. The molecule has 2 aromatic rings. The Kier molecular flexibility index (Phi) is 4.99. The number of hydrogen-bond donors (Lipinski definition) is 0. The number of amides is 1. The number of aryl methyl sites for hydroxylation is 2. The molecule has 1 aliphatic rings. The molecule has 1 amide bonds. The third kappa shape index (κ3) is 3.08. The fraction of sp³-hybridized carbons (Fsp3) is 0.588. The summed E-state index contributed by atoms with van der Waals surface area (Å²) >= 11 is 0. The van der Waals surface area contributed by atoms with Crippen molar-refractivity contribution < 1.29 is 9.53 Å². The van der Waals surface area contributed by atoms with Crippen LogP contribution in [0.3, 0.4) is 0 Å². The summed E-state index contributed by atoms with van der Waals surface area (Å²) in [5, 5.41) is 4.21. The van der Waals surface area contributed by atoms with E-state index in [-0.39, 0.29) is 11.9 Å². The van der Waals surface area contributed by atoms with Crippen molar-refractivity contribution in [2.45, 2.75) is 45.9 Å². The topological polar surface area (TPSA) is 65.2 Å². The van der Waals surface area contributed by atoms with Gasteiger partial charge in [-0.2, -0.15) is 5.10 Å². The maximum atomic E-state index is 12.9. The first kappa shape index (κ1) is 16.7. The van der Waals surface area contributed by atoms with E-state index >= 15 is 0 Å². The quantitative estimate of drug-likeness (QED) is 0.841. The summed E-state index contributed by atoms with van der Waals surface area (Å²) in [6.45, 7) is 6.72. The molecule has 3 rings (SSSR count). The molecule has 130 valence electrons. The molecule has 0 spiro atoms. The molecule has 0 aromatic carbocycles. The highest BCUT2D eigenvalue weighted by atomic mass is 16.5. The lowest BCUT2D eigenvalue weighted by molar-refractivity contribution is 0.0660. The average molecular weight is 331 g/mol. The third-order valence-corrected chi connectivity index (χ3v) is 4.62. The number of methoxy groups -OCH3 is 1. The molecular formula is C17H25N5O2. The van der Waals surface area contributed by atoms with Crippen LogP contribution in [-0.4, -0.2) is 50.3 Å². The molecule has 1 unspecified atom stereocenters. The SMILES string of the molecule is CCn1nccc1C(=O)N1CCCC(n2c(C)cnc2COC)C1. The Balaban J connectivity index is 1.80. The maximum Gasteiger partial charge on any atom is 0.272 e. The molecule has 0 saturated carbocycles. The Bertz CT molecular complexity index is 706. The summed E-state index contributed by atoms with van der Waals surface area (Å²) in [7, 11) is 1.68. The van der Waals surface area contributed by atoms with E-state index in [0.717, 1.165) is 30.9 Å². The molecule has 3 heterocycles. The lowest BCUT2D eigenvalue weighted by Crippen LogP contribution is -2.42. The van der Waals surface area contributed by atoms with Gasteiger partial charge in [0.15, 0.2) is 0 Å². The molecule has 0 bridgehead atoms. The first-order chi connectivity index (χ1) is 11.7. The summed E-state index contributed by atoms with van der Waals surface area (Å²) in [4.78, 5) is 19.3. The van der Waals surface area contributed by atoms with Crippen molar-refractivity contribution in [3.8, 4) is 0 Å². The first-order valence-electron chi connectivity index (χ1n) is 8.48. The van der Waals surface area contributed by atoms with Gasteiger partial charge in [0, 0.05) is 44.8 Å². The average Bonchev–Trinajstić information content (AvgIpc) is 3.21. The van der Waals surface area contributed by atoms with Crippen LogP contribution in [0.5, 0.6) is 0 Å². The second kappa shape index (κ2) is 7.17.